The third-order valence-electron chi connectivity index (χ3n) is 5.93. The number of carbonyl (C=O) groups excluding carboxylic acids is 1. The minimum absolute atomic E-state index is 0.0412. The minimum Gasteiger partial charge on any atom is -0.338 e. The van der Waals surface area contributed by atoms with Crippen LogP contribution < -0.4 is 0 Å². The van der Waals surface area contributed by atoms with Crippen LogP contribution in [0.4, 0.5) is 0 Å². The summed E-state index contributed by atoms with van der Waals surface area (Å²) in [5, 5.41) is 11.3. The van der Waals surface area contributed by atoms with Gasteiger partial charge in [0, 0.05) is 18.7 Å². The molecule has 1 fully saturated rings. The number of carbonyl (C=O) groups is 1. The Balaban J connectivity index is 1.31. The molecule has 2 aromatic heterocycles. The van der Waals surface area contributed by atoms with Crippen molar-refractivity contribution in [3.8, 4) is 11.4 Å². The first-order chi connectivity index (χ1) is 16.1. The van der Waals surface area contributed by atoms with Crippen molar-refractivity contribution >= 4 is 50.8 Å². The van der Waals surface area contributed by atoms with E-state index in [4.69, 9.17) is 11.6 Å². The molecule has 2 aromatic carbocycles. The molecular formula is C24H24ClN5OS2. The summed E-state index contributed by atoms with van der Waals surface area (Å²) < 4.78 is 3.33. The fourth-order valence-corrected chi connectivity index (χ4v) is 6.40. The second-order valence-electron chi connectivity index (χ2n) is 8.21. The van der Waals surface area contributed by atoms with Gasteiger partial charge in [-0.15, -0.1) is 21.5 Å². The lowest BCUT2D eigenvalue weighted by Gasteiger charge is -2.18. The van der Waals surface area contributed by atoms with E-state index in [1.54, 1.807) is 16.2 Å². The molecule has 1 aliphatic rings. The van der Waals surface area contributed by atoms with Crippen LogP contribution in [0.15, 0.2) is 53.7 Å². The van der Waals surface area contributed by atoms with Gasteiger partial charge in [-0.25, -0.2) is 4.98 Å². The molecule has 4 aromatic rings. The lowest BCUT2D eigenvalue weighted by Crippen LogP contribution is -2.27. The second kappa shape index (κ2) is 9.83. The van der Waals surface area contributed by atoms with Gasteiger partial charge in [0.25, 0.3) is 0 Å². The number of nitrogens with zero attached hydrogens (tertiary/aromatic N) is 5. The van der Waals surface area contributed by atoms with E-state index in [0.29, 0.717) is 23.4 Å². The van der Waals surface area contributed by atoms with Gasteiger partial charge in [0.2, 0.25) is 5.91 Å². The van der Waals surface area contributed by atoms with Crippen LogP contribution in [0, 0.1) is 0 Å². The zero-order valence-corrected chi connectivity index (χ0v) is 20.7. The molecule has 1 saturated carbocycles. The normalized spacial score (nSPS) is 14.2. The molecule has 33 heavy (non-hydrogen) atoms. The van der Waals surface area contributed by atoms with Gasteiger partial charge in [-0.1, -0.05) is 60.5 Å². The van der Waals surface area contributed by atoms with Crippen LogP contribution in [0.5, 0.6) is 0 Å². The smallest absolute Gasteiger partial charge is 0.233 e. The summed E-state index contributed by atoms with van der Waals surface area (Å²) in [7, 11) is 1.83. The number of amides is 1. The summed E-state index contributed by atoms with van der Waals surface area (Å²) in [6.07, 6.45) is 4.57. The van der Waals surface area contributed by atoms with Gasteiger partial charge in [-0.05, 0) is 37.1 Å². The van der Waals surface area contributed by atoms with Gasteiger partial charge in [0.15, 0.2) is 11.0 Å². The van der Waals surface area contributed by atoms with E-state index in [1.165, 1.54) is 24.6 Å². The average molecular weight is 498 g/mol. The first-order valence-electron chi connectivity index (χ1n) is 11.0. The summed E-state index contributed by atoms with van der Waals surface area (Å²) in [6.45, 7) is 0.499. The van der Waals surface area contributed by atoms with Gasteiger partial charge < -0.3 is 4.90 Å². The van der Waals surface area contributed by atoms with Crippen LogP contribution in [-0.4, -0.2) is 43.4 Å². The summed E-state index contributed by atoms with van der Waals surface area (Å²) in [4.78, 5) is 19.3. The number of aromatic nitrogens is 4. The lowest BCUT2D eigenvalue weighted by molar-refractivity contribution is -0.127. The Hall–Kier alpha value is -2.42. The van der Waals surface area contributed by atoms with Crippen molar-refractivity contribution in [3.63, 3.8) is 0 Å². The third kappa shape index (κ3) is 4.78. The Bertz CT molecular complexity index is 1250. The standard InChI is InChI=1S/C24H24ClN5OS2/c1-29(14-21-26-19-12-6-7-13-20(19)33-21)22(31)15-32-24-28-27-23(17-10-4-5-11-18(17)25)30(24)16-8-2-3-9-16/h4-7,10-13,16H,2-3,8-9,14-15H2,1H3. The highest BCUT2D eigenvalue weighted by Crippen LogP contribution is 2.38. The number of para-hydroxylation sites is 1. The van der Waals surface area contributed by atoms with Gasteiger partial charge in [-0.2, -0.15) is 0 Å². The molecular weight excluding hydrogens is 474 g/mol. The molecule has 5 rings (SSSR count). The topological polar surface area (TPSA) is 63.9 Å². The number of halogens is 1. The first kappa shape index (κ1) is 22.4. The van der Waals surface area contributed by atoms with Gasteiger partial charge in [-0.3, -0.25) is 9.36 Å². The SMILES string of the molecule is CN(Cc1nc2ccccc2s1)C(=O)CSc1nnc(-c2ccccc2Cl)n1C1CCCC1. The summed E-state index contributed by atoms with van der Waals surface area (Å²) in [5.74, 6) is 1.12. The number of rotatable bonds is 7. The maximum absolute atomic E-state index is 12.9. The second-order valence-corrected chi connectivity index (χ2v) is 10.7. The first-order valence-corrected chi connectivity index (χ1v) is 13.2. The molecule has 2 heterocycles. The maximum atomic E-state index is 12.9. The average Bonchev–Trinajstić information content (AvgIpc) is 3.56. The Morgan fingerprint density at radius 2 is 1.91 bits per heavy atom. The van der Waals surface area contributed by atoms with Crippen LogP contribution in [0.25, 0.3) is 21.6 Å². The van der Waals surface area contributed by atoms with Crippen LogP contribution in [0.2, 0.25) is 5.02 Å². The van der Waals surface area contributed by atoms with Crippen LogP contribution in [-0.2, 0) is 11.3 Å². The number of hydrogen-bond donors (Lipinski definition) is 0. The van der Waals surface area contributed by atoms with Gasteiger partial charge >= 0.3 is 0 Å². The predicted molar refractivity (Wildman–Crippen MR) is 135 cm³/mol. The highest BCUT2D eigenvalue weighted by molar-refractivity contribution is 7.99. The molecule has 6 nitrogen and oxygen atoms in total. The number of benzene rings is 2. The van der Waals surface area contributed by atoms with Gasteiger partial charge in [0.1, 0.15) is 5.01 Å². The van der Waals surface area contributed by atoms with E-state index in [-0.39, 0.29) is 5.91 Å². The third-order valence-corrected chi connectivity index (χ3v) is 8.21. The summed E-state index contributed by atoms with van der Waals surface area (Å²) in [6, 6.07) is 16.1. The van der Waals surface area contributed by atoms with E-state index in [9.17, 15) is 4.79 Å². The predicted octanol–water partition coefficient (Wildman–Crippen LogP) is 6.07. The molecule has 0 atom stereocenters. The monoisotopic (exact) mass is 497 g/mol. The zero-order chi connectivity index (χ0) is 22.8. The van der Waals surface area contributed by atoms with E-state index in [2.05, 4.69) is 25.8 Å². The summed E-state index contributed by atoms with van der Waals surface area (Å²) in [5.41, 5.74) is 1.86. The molecule has 9 heteroatoms. The molecule has 0 aliphatic heterocycles. The molecule has 170 valence electrons. The number of thiazole rings is 1. The molecule has 0 bridgehead atoms. The van der Waals surface area contributed by atoms with E-state index in [0.717, 1.165) is 44.6 Å². The molecule has 1 amide bonds. The van der Waals surface area contributed by atoms with Crippen molar-refractivity contribution in [2.24, 2.45) is 0 Å². The number of fused-ring (bicyclic) bond motifs is 1. The van der Waals surface area contributed by atoms with Crippen molar-refractivity contribution < 1.29 is 4.79 Å². The van der Waals surface area contributed by atoms with E-state index < -0.39 is 0 Å². The molecule has 0 spiro atoms. The number of hydrogen-bond acceptors (Lipinski definition) is 6. The minimum atomic E-state index is 0.0412. The summed E-state index contributed by atoms with van der Waals surface area (Å²) >= 11 is 9.54. The molecule has 1 aliphatic carbocycles. The van der Waals surface area contributed by atoms with Crippen LogP contribution in [0.3, 0.4) is 0 Å². The Kier molecular flexibility index (Phi) is 6.66. The lowest BCUT2D eigenvalue weighted by atomic mass is 10.2. The molecule has 0 radical (unpaired) electrons. The number of thioether (sulfide) groups is 1. The zero-order valence-electron chi connectivity index (χ0n) is 18.3. The van der Waals surface area contributed by atoms with Crippen LogP contribution in [0.1, 0.15) is 36.7 Å². The fourth-order valence-electron chi connectivity index (χ4n) is 4.21. The molecule has 0 saturated heterocycles. The Morgan fingerprint density at radius 1 is 1.15 bits per heavy atom. The van der Waals surface area contributed by atoms with Gasteiger partial charge in [0.05, 0.1) is 27.5 Å². The van der Waals surface area contributed by atoms with E-state index in [1.807, 2.05) is 49.5 Å². The van der Waals surface area contributed by atoms with E-state index >= 15 is 0 Å². The highest BCUT2D eigenvalue weighted by atomic mass is 35.5. The fraction of sp³-hybridized carbons (Fsp3) is 0.333. The highest BCUT2D eigenvalue weighted by Gasteiger charge is 2.26. The van der Waals surface area contributed by atoms with Crippen molar-refractivity contribution in [2.45, 2.75) is 43.4 Å². The van der Waals surface area contributed by atoms with Crippen LogP contribution >= 0.6 is 34.7 Å². The molecule has 0 unspecified atom stereocenters. The van der Waals surface area contributed by atoms with Crippen molar-refractivity contribution in [2.75, 3.05) is 12.8 Å². The quantitative estimate of drug-likeness (QED) is 0.290. The van der Waals surface area contributed by atoms with Crippen molar-refractivity contribution in [1.29, 1.82) is 0 Å². The molecule has 0 N–H and O–H groups in total. The van der Waals surface area contributed by atoms with Crippen molar-refractivity contribution in [3.05, 3.63) is 58.6 Å². The van der Waals surface area contributed by atoms with Crippen molar-refractivity contribution in [1.82, 2.24) is 24.6 Å². The largest absolute Gasteiger partial charge is 0.338 e. The Morgan fingerprint density at radius 3 is 2.70 bits per heavy atom. The Labute approximate surface area is 206 Å². The maximum Gasteiger partial charge on any atom is 0.233 e.